The number of thiazole rings is 1. The molecular weight excluding hydrogens is 290 g/mol. The smallest absolute Gasteiger partial charge is 0.275 e. The second kappa shape index (κ2) is 4.60. The molecule has 1 aliphatic heterocycles. The van der Waals surface area contributed by atoms with Crippen molar-refractivity contribution in [1.29, 1.82) is 0 Å². The first-order valence-corrected chi connectivity index (χ1v) is 6.51. The summed E-state index contributed by atoms with van der Waals surface area (Å²) < 4.78 is 10.4. The summed E-state index contributed by atoms with van der Waals surface area (Å²) in [6, 6.07) is 3.20. The monoisotopic (exact) mass is 297 g/mol. The van der Waals surface area contributed by atoms with E-state index in [4.69, 9.17) is 26.8 Å². The number of rotatable bonds is 2. The van der Waals surface area contributed by atoms with Gasteiger partial charge in [-0.3, -0.25) is 4.79 Å². The summed E-state index contributed by atoms with van der Waals surface area (Å²) in [7, 11) is 0. The molecule has 2 heterocycles. The van der Waals surface area contributed by atoms with Crippen LogP contribution in [-0.2, 0) is 0 Å². The van der Waals surface area contributed by atoms with Crippen LogP contribution in [0.25, 0.3) is 0 Å². The summed E-state index contributed by atoms with van der Waals surface area (Å²) in [6.45, 7) is 0.145. The number of carbonyl (C=O) groups excluding carboxylic acids is 1. The van der Waals surface area contributed by atoms with Gasteiger partial charge < -0.3 is 20.5 Å². The van der Waals surface area contributed by atoms with Crippen molar-refractivity contribution in [3.8, 4) is 11.5 Å². The molecule has 1 amide bonds. The minimum absolute atomic E-state index is 0.145. The lowest BCUT2D eigenvalue weighted by molar-refractivity contribution is 0.102. The van der Waals surface area contributed by atoms with Crippen molar-refractivity contribution in [1.82, 2.24) is 4.98 Å². The van der Waals surface area contributed by atoms with Crippen LogP contribution in [0.15, 0.2) is 17.5 Å². The Hall–Kier alpha value is -1.99. The summed E-state index contributed by atoms with van der Waals surface area (Å²) in [4.78, 5) is 15.8. The SMILES string of the molecule is Nc1nc(C(=O)Nc2cc3c(cc2Cl)OCO3)cs1. The summed E-state index contributed by atoms with van der Waals surface area (Å²) in [5, 5.41) is 4.92. The van der Waals surface area contributed by atoms with Crippen LogP contribution >= 0.6 is 22.9 Å². The van der Waals surface area contributed by atoms with Gasteiger partial charge in [0.05, 0.1) is 10.7 Å². The quantitative estimate of drug-likeness (QED) is 0.888. The van der Waals surface area contributed by atoms with Gasteiger partial charge in [-0.2, -0.15) is 0 Å². The molecule has 0 saturated heterocycles. The number of amides is 1. The van der Waals surface area contributed by atoms with E-state index in [0.717, 1.165) is 0 Å². The first-order chi connectivity index (χ1) is 9.13. The molecule has 2 aromatic rings. The Balaban J connectivity index is 1.85. The number of aromatic nitrogens is 1. The molecule has 1 aromatic carbocycles. The first-order valence-electron chi connectivity index (χ1n) is 5.25. The molecule has 0 fully saturated rings. The van der Waals surface area contributed by atoms with Crippen molar-refractivity contribution in [2.24, 2.45) is 0 Å². The van der Waals surface area contributed by atoms with E-state index >= 15 is 0 Å². The van der Waals surface area contributed by atoms with E-state index in [1.54, 1.807) is 17.5 Å². The third-order valence-corrected chi connectivity index (χ3v) is 3.45. The molecule has 98 valence electrons. The number of ether oxygens (including phenoxy) is 2. The fraction of sp³-hybridized carbons (Fsp3) is 0.0909. The van der Waals surface area contributed by atoms with E-state index < -0.39 is 0 Å². The van der Waals surface area contributed by atoms with Crippen LogP contribution in [-0.4, -0.2) is 17.7 Å². The van der Waals surface area contributed by atoms with Gasteiger partial charge in [-0.15, -0.1) is 11.3 Å². The minimum Gasteiger partial charge on any atom is -0.454 e. The van der Waals surface area contributed by atoms with Crippen molar-refractivity contribution in [3.05, 3.63) is 28.2 Å². The van der Waals surface area contributed by atoms with E-state index in [-0.39, 0.29) is 18.4 Å². The fourth-order valence-electron chi connectivity index (χ4n) is 1.59. The molecule has 0 radical (unpaired) electrons. The topological polar surface area (TPSA) is 86.5 Å². The fourth-order valence-corrected chi connectivity index (χ4v) is 2.34. The number of nitrogens with two attached hydrogens (primary N) is 1. The van der Waals surface area contributed by atoms with Gasteiger partial charge in [0.25, 0.3) is 5.91 Å². The highest BCUT2D eigenvalue weighted by atomic mass is 35.5. The number of nitrogen functional groups attached to an aromatic ring is 1. The van der Waals surface area contributed by atoms with Gasteiger partial charge in [0.1, 0.15) is 5.69 Å². The number of hydrogen-bond donors (Lipinski definition) is 2. The molecule has 6 nitrogen and oxygen atoms in total. The highest BCUT2D eigenvalue weighted by Gasteiger charge is 2.18. The Morgan fingerprint density at radius 3 is 2.84 bits per heavy atom. The van der Waals surface area contributed by atoms with E-state index in [2.05, 4.69) is 10.3 Å². The maximum absolute atomic E-state index is 11.9. The van der Waals surface area contributed by atoms with Gasteiger partial charge in [0, 0.05) is 17.5 Å². The molecule has 0 saturated carbocycles. The number of nitrogens with one attached hydrogen (secondary N) is 1. The zero-order valence-corrected chi connectivity index (χ0v) is 11.0. The highest BCUT2D eigenvalue weighted by Crippen LogP contribution is 2.39. The van der Waals surface area contributed by atoms with E-state index in [9.17, 15) is 4.79 Å². The summed E-state index contributed by atoms with van der Waals surface area (Å²) in [5.41, 5.74) is 6.16. The average Bonchev–Trinajstić information content (AvgIpc) is 2.98. The standard InChI is InChI=1S/C11H8ClN3O3S/c12-5-1-8-9(18-4-17-8)2-6(5)14-10(16)7-3-19-11(13)15-7/h1-3H,4H2,(H2,13,15)(H,14,16). The van der Waals surface area contributed by atoms with Crippen LogP contribution in [0.5, 0.6) is 11.5 Å². The molecule has 1 aromatic heterocycles. The molecular formula is C11H8ClN3O3S. The molecule has 3 N–H and O–H groups in total. The van der Waals surface area contributed by atoms with Gasteiger partial charge in [-0.1, -0.05) is 11.6 Å². The van der Waals surface area contributed by atoms with Crippen LogP contribution in [0, 0.1) is 0 Å². The van der Waals surface area contributed by atoms with Gasteiger partial charge in [-0.25, -0.2) is 4.98 Å². The van der Waals surface area contributed by atoms with E-state index in [0.29, 0.717) is 27.3 Å². The molecule has 0 spiro atoms. The van der Waals surface area contributed by atoms with Crippen molar-refractivity contribution in [2.75, 3.05) is 17.8 Å². The van der Waals surface area contributed by atoms with Crippen molar-refractivity contribution >= 4 is 39.7 Å². The Labute approximate surface area is 117 Å². The van der Waals surface area contributed by atoms with E-state index in [1.807, 2.05) is 0 Å². The van der Waals surface area contributed by atoms with Crippen molar-refractivity contribution < 1.29 is 14.3 Å². The van der Waals surface area contributed by atoms with Gasteiger partial charge in [0.15, 0.2) is 16.6 Å². The Bertz CT molecular complexity index is 659. The average molecular weight is 298 g/mol. The summed E-state index contributed by atoms with van der Waals surface area (Å²) in [5.74, 6) is 0.715. The van der Waals surface area contributed by atoms with Gasteiger partial charge in [-0.05, 0) is 0 Å². The van der Waals surface area contributed by atoms with Gasteiger partial charge in [0.2, 0.25) is 6.79 Å². The number of carbonyl (C=O) groups is 1. The third kappa shape index (κ3) is 2.29. The molecule has 8 heteroatoms. The molecule has 1 aliphatic rings. The maximum atomic E-state index is 11.9. The van der Waals surface area contributed by atoms with Crippen LogP contribution in [0.1, 0.15) is 10.5 Å². The molecule has 0 bridgehead atoms. The number of hydrogen-bond acceptors (Lipinski definition) is 6. The predicted octanol–water partition coefficient (Wildman–Crippen LogP) is 2.36. The highest BCUT2D eigenvalue weighted by molar-refractivity contribution is 7.13. The molecule has 19 heavy (non-hydrogen) atoms. The van der Waals surface area contributed by atoms with Crippen LogP contribution in [0.3, 0.4) is 0 Å². The first kappa shape index (κ1) is 12.1. The normalized spacial score (nSPS) is 12.5. The number of fused-ring (bicyclic) bond motifs is 1. The second-order valence-corrected chi connectivity index (χ2v) is 5.01. The summed E-state index contributed by atoms with van der Waals surface area (Å²) in [6.07, 6.45) is 0. The number of anilines is 2. The Morgan fingerprint density at radius 2 is 2.16 bits per heavy atom. The lowest BCUT2D eigenvalue weighted by Gasteiger charge is -2.07. The predicted molar refractivity (Wildman–Crippen MR) is 72.1 cm³/mol. The second-order valence-electron chi connectivity index (χ2n) is 3.71. The Kier molecular flexibility index (Phi) is 2.92. The molecule has 3 rings (SSSR count). The van der Waals surface area contributed by atoms with Crippen LogP contribution in [0.2, 0.25) is 5.02 Å². The van der Waals surface area contributed by atoms with Crippen molar-refractivity contribution in [3.63, 3.8) is 0 Å². The largest absolute Gasteiger partial charge is 0.454 e. The molecule has 0 unspecified atom stereocenters. The number of nitrogens with zero attached hydrogens (tertiary/aromatic N) is 1. The lowest BCUT2D eigenvalue weighted by atomic mass is 10.2. The van der Waals surface area contributed by atoms with E-state index in [1.165, 1.54) is 11.3 Å². The lowest BCUT2D eigenvalue weighted by Crippen LogP contribution is -2.12. The van der Waals surface area contributed by atoms with Crippen LogP contribution < -0.4 is 20.5 Å². The summed E-state index contributed by atoms with van der Waals surface area (Å²) >= 11 is 7.25. The zero-order chi connectivity index (χ0) is 13.4. The van der Waals surface area contributed by atoms with Crippen molar-refractivity contribution in [2.45, 2.75) is 0 Å². The molecule has 0 aliphatic carbocycles. The number of benzene rings is 1. The minimum atomic E-state index is -0.381. The van der Waals surface area contributed by atoms with Gasteiger partial charge >= 0.3 is 0 Å². The Morgan fingerprint density at radius 1 is 1.42 bits per heavy atom. The van der Waals surface area contributed by atoms with Crippen LogP contribution in [0.4, 0.5) is 10.8 Å². The third-order valence-electron chi connectivity index (χ3n) is 2.47. The molecule has 0 atom stereocenters. The zero-order valence-electron chi connectivity index (χ0n) is 9.47. The number of halogens is 1. The maximum Gasteiger partial charge on any atom is 0.275 e.